The molecule has 2 rings (SSSR count). The number of anilines is 3. The van der Waals surface area contributed by atoms with Crippen LogP contribution in [0.4, 0.5) is 17.2 Å². The summed E-state index contributed by atoms with van der Waals surface area (Å²) >= 11 is 3.41. The van der Waals surface area contributed by atoms with Gasteiger partial charge < -0.3 is 11.1 Å². The highest BCUT2D eigenvalue weighted by Crippen LogP contribution is 2.19. The molecular weight excluding hydrogens is 254 g/mol. The van der Waals surface area contributed by atoms with E-state index in [1.54, 1.807) is 6.20 Å². The zero-order valence-corrected chi connectivity index (χ0v) is 9.53. The molecule has 0 saturated heterocycles. The van der Waals surface area contributed by atoms with E-state index in [9.17, 15) is 0 Å². The van der Waals surface area contributed by atoms with Gasteiger partial charge in [-0.05, 0) is 30.3 Å². The van der Waals surface area contributed by atoms with Crippen molar-refractivity contribution >= 4 is 33.1 Å². The number of pyridine rings is 1. The largest absolute Gasteiger partial charge is 0.397 e. The first-order chi connectivity index (χ1) is 7.24. The van der Waals surface area contributed by atoms with Crippen molar-refractivity contribution in [3.05, 3.63) is 47.1 Å². The van der Waals surface area contributed by atoms with E-state index in [0.717, 1.165) is 16.0 Å². The van der Waals surface area contributed by atoms with Crippen LogP contribution in [0.5, 0.6) is 0 Å². The maximum Gasteiger partial charge on any atom is 0.130 e. The summed E-state index contributed by atoms with van der Waals surface area (Å²) in [6.45, 7) is 0. The van der Waals surface area contributed by atoms with Crippen LogP contribution in [0.3, 0.4) is 0 Å². The fraction of sp³-hybridized carbons (Fsp3) is 0. The van der Waals surface area contributed by atoms with E-state index >= 15 is 0 Å². The number of nitrogens with zero attached hydrogens (tertiary/aromatic N) is 1. The number of halogens is 1. The monoisotopic (exact) mass is 263 g/mol. The summed E-state index contributed by atoms with van der Waals surface area (Å²) in [5.41, 5.74) is 7.20. The molecule has 0 unspecified atom stereocenters. The topological polar surface area (TPSA) is 50.9 Å². The summed E-state index contributed by atoms with van der Waals surface area (Å²) in [6, 6.07) is 11.6. The van der Waals surface area contributed by atoms with E-state index in [1.807, 2.05) is 36.4 Å². The Bertz CT molecular complexity index is 454. The Kier molecular flexibility index (Phi) is 2.87. The molecule has 3 N–H and O–H groups in total. The summed E-state index contributed by atoms with van der Waals surface area (Å²) in [5, 5.41) is 3.18. The molecule has 0 atom stereocenters. The molecule has 0 fully saturated rings. The van der Waals surface area contributed by atoms with Gasteiger partial charge in [0.15, 0.2) is 0 Å². The fourth-order valence-electron chi connectivity index (χ4n) is 1.19. The number of rotatable bonds is 2. The third kappa shape index (κ3) is 2.70. The fourth-order valence-corrected chi connectivity index (χ4v) is 1.59. The Morgan fingerprint density at radius 1 is 1.20 bits per heavy atom. The molecule has 4 heteroatoms. The van der Waals surface area contributed by atoms with Crippen molar-refractivity contribution in [3.8, 4) is 0 Å². The van der Waals surface area contributed by atoms with Crippen LogP contribution in [0.2, 0.25) is 0 Å². The van der Waals surface area contributed by atoms with Crippen LogP contribution >= 0.6 is 15.9 Å². The third-order valence-corrected chi connectivity index (χ3v) is 2.38. The van der Waals surface area contributed by atoms with E-state index in [0.29, 0.717) is 5.69 Å². The second-order valence-corrected chi connectivity index (χ2v) is 4.03. The minimum atomic E-state index is 0.662. The van der Waals surface area contributed by atoms with Gasteiger partial charge in [0.1, 0.15) is 5.82 Å². The number of hydrogen-bond acceptors (Lipinski definition) is 3. The van der Waals surface area contributed by atoms with E-state index in [-0.39, 0.29) is 0 Å². The third-order valence-electron chi connectivity index (χ3n) is 1.88. The zero-order valence-electron chi connectivity index (χ0n) is 7.94. The van der Waals surface area contributed by atoms with Gasteiger partial charge in [0, 0.05) is 10.2 Å². The quantitative estimate of drug-likeness (QED) is 0.875. The molecule has 3 nitrogen and oxygen atoms in total. The van der Waals surface area contributed by atoms with Gasteiger partial charge in [-0.15, -0.1) is 0 Å². The average Bonchev–Trinajstić information content (AvgIpc) is 2.22. The van der Waals surface area contributed by atoms with E-state index in [4.69, 9.17) is 5.73 Å². The van der Waals surface area contributed by atoms with Crippen molar-refractivity contribution in [1.82, 2.24) is 4.98 Å². The van der Waals surface area contributed by atoms with Crippen molar-refractivity contribution in [2.75, 3.05) is 11.1 Å². The van der Waals surface area contributed by atoms with Crippen LogP contribution in [-0.4, -0.2) is 4.98 Å². The van der Waals surface area contributed by atoms with Gasteiger partial charge in [0.05, 0.1) is 11.9 Å². The highest BCUT2D eigenvalue weighted by atomic mass is 79.9. The second kappa shape index (κ2) is 4.31. The number of nitrogens with one attached hydrogen (secondary N) is 1. The number of nitrogen functional groups attached to an aromatic ring is 1. The predicted octanol–water partition coefficient (Wildman–Crippen LogP) is 3.17. The number of aromatic nitrogens is 1. The van der Waals surface area contributed by atoms with Crippen LogP contribution < -0.4 is 11.1 Å². The molecule has 1 aromatic carbocycles. The predicted molar refractivity (Wildman–Crippen MR) is 66.1 cm³/mol. The Morgan fingerprint density at radius 3 is 2.73 bits per heavy atom. The molecule has 76 valence electrons. The van der Waals surface area contributed by atoms with Gasteiger partial charge in [0.2, 0.25) is 0 Å². The molecule has 1 heterocycles. The zero-order chi connectivity index (χ0) is 10.7. The average molecular weight is 264 g/mol. The summed E-state index contributed by atoms with van der Waals surface area (Å²) in [7, 11) is 0. The van der Waals surface area contributed by atoms with Crippen molar-refractivity contribution in [3.63, 3.8) is 0 Å². The Balaban J connectivity index is 2.18. The van der Waals surface area contributed by atoms with Gasteiger partial charge in [-0.2, -0.15) is 0 Å². The highest BCUT2D eigenvalue weighted by molar-refractivity contribution is 9.10. The van der Waals surface area contributed by atoms with E-state index in [2.05, 4.69) is 26.2 Å². The smallest absolute Gasteiger partial charge is 0.130 e. The number of hydrogen-bond donors (Lipinski definition) is 2. The van der Waals surface area contributed by atoms with Crippen molar-refractivity contribution < 1.29 is 0 Å². The van der Waals surface area contributed by atoms with Gasteiger partial charge in [0.25, 0.3) is 0 Å². The first kappa shape index (κ1) is 9.98. The van der Waals surface area contributed by atoms with Crippen LogP contribution in [0.1, 0.15) is 0 Å². The maximum absolute atomic E-state index is 5.55. The van der Waals surface area contributed by atoms with E-state index in [1.165, 1.54) is 0 Å². The maximum atomic E-state index is 5.55. The highest BCUT2D eigenvalue weighted by Gasteiger charge is 1.95. The Labute approximate surface area is 96.5 Å². The number of nitrogens with two attached hydrogens (primary N) is 1. The van der Waals surface area contributed by atoms with Gasteiger partial charge in [-0.25, -0.2) is 4.98 Å². The van der Waals surface area contributed by atoms with Crippen LogP contribution in [0, 0.1) is 0 Å². The summed E-state index contributed by atoms with van der Waals surface area (Å²) < 4.78 is 1.03. The Hall–Kier alpha value is -1.55. The molecule has 0 aliphatic heterocycles. The standard InChI is InChI=1S/C11H10BrN3/c12-8-2-1-3-10(6-8)15-11-5-4-9(13)7-14-11/h1-7H,13H2,(H,14,15). The van der Waals surface area contributed by atoms with Crippen LogP contribution in [-0.2, 0) is 0 Å². The molecule has 0 saturated carbocycles. The molecular formula is C11H10BrN3. The summed E-state index contributed by atoms with van der Waals surface area (Å²) in [6.07, 6.45) is 1.63. The summed E-state index contributed by atoms with van der Waals surface area (Å²) in [5.74, 6) is 0.780. The first-order valence-corrected chi connectivity index (χ1v) is 5.27. The van der Waals surface area contributed by atoms with E-state index < -0.39 is 0 Å². The van der Waals surface area contributed by atoms with Crippen LogP contribution in [0.25, 0.3) is 0 Å². The molecule has 0 spiro atoms. The lowest BCUT2D eigenvalue weighted by molar-refractivity contribution is 1.31. The normalized spacial score (nSPS) is 9.93. The van der Waals surface area contributed by atoms with Crippen molar-refractivity contribution in [2.24, 2.45) is 0 Å². The lowest BCUT2D eigenvalue weighted by atomic mass is 10.3. The Morgan fingerprint density at radius 2 is 2.07 bits per heavy atom. The molecule has 0 aliphatic carbocycles. The molecule has 15 heavy (non-hydrogen) atoms. The minimum Gasteiger partial charge on any atom is -0.397 e. The van der Waals surface area contributed by atoms with Gasteiger partial charge >= 0.3 is 0 Å². The molecule has 1 aromatic heterocycles. The van der Waals surface area contributed by atoms with Crippen molar-refractivity contribution in [1.29, 1.82) is 0 Å². The number of benzene rings is 1. The first-order valence-electron chi connectivity index (χ1n) is 4.48. The molecule has 0 amide bonds. The molecule has 0 radical (unpaired) electrons. The second-order valence-electron chi connectivity index (χ2n) is 3.11. The van der Waals surface area contributed by atoms with Crippen molar-refractivity contribution in [2.45, 2.75) is 0 Å². The summed E-state index contributed by atoms with van der Waals surface area (Å²) in [4.78, 5) is 4.15. The molecule has 0 bridgehead atoms. The SMILES string of the molecule is Nc1ccc(Nc2cccc(Br)c2)nc1. The lowest BCUT2D eigenvalue weighted by Crippen LogP contribution is -1.94. The minimum absolute atomic E-state index is 0.662. The van der Waals surface area contributed by atoms with Crippen LogP contribution in [0.15, 0.2) is 47.1 Å². The lowest BCUT2D eigenvalue weighted by Gasteiger charge is -2.05. The van der Waals surface area contributed by atoms with Gasteiger partial charge in [-0.1, -0.05) is 22.0 Å². The molecule has 2 aromatic rings. The molecule has 0 aliphatic rings. The van der Waals surface area contributed by atoms with Gasteiger partial charge in [-0.3, -0.25) is 0 Å².